The number of nitrogens with zero attached hydrogens (tertiary/aromatic N) is 2. The fourth-order valence-corrected chi connectivity index (χ4v) is 1.48. The van der Waals surface area contributed by atoms with Crippen molar-refractivity contribution in [2.45, 2.75) is 19.9 Å². The lowest BCUT2D eigenvalue weighted by Gasteiger charge is -2.03. The van der Waals surface area contributed by atoms with Crippen molar-refractivity contribution in [3.63, 3.8) is 0 Å². The van der Waals surface area contributed by atoms with Crippen LogP contribution in [0.5, 0.6) is 5.75 Å². The number of aromatic hydroxyl groups is 1. The van der Waals surface area contributed by atoms with Crippen molar-refractivity contribution in [3.8, 4) is 16.9 Å². The zero-order valence-electron chi connectivity index (χ0n) is 8.88. The molecule has 0 saturated heterocycles. The van der Waals surface area contributed by atoms with Gasteiger partial charge < -0.3 is 5.11 Å². The van der Waals surface area contributed by atoms with E-state index in [1.807, 2.05) is 29.1 Å². The Balaban J connectivity index is 2.42. The molecule has 2 rings (SSSR count). The Morgan fingerprint density at radius 3 is 2.60 bits per heavy atom. The second-order valence-electron chi connectivity index (χ2n) is 3.82. The maximum Gasteiger partial charge on any atom is 0.123 e. The Bertz CT molecular complexity index is 460. The van der Waals surface area contributed by atoms with E-state index in [2.05, 4.69) is 18.9 Å². The quantitative estimate of drug-likeness (QED) is 0.813. The van der Waals surface area contributed by atoms with E-state index in [0.29, 0.717) is 11.8 Å². The van der Waals surface area contributed by atoms with Crippen molar-refractivity contribution < 1.29 is 5.11 Å². The van der Waals surface area contributed by atoms with Crippen molar-refractivity contribution in [1.29, 1.82) is 0 Å². The molecule has 1 aromatic heterocycles. The van der Waals surface area contributed by atoms with Gasteiger partial charge in [0.25, 0.3) is 0 Å². The average molecular weight is 202 g/mol. The Kier molecular flexibility index (Phi) is 2.46. The van der Waals surface area contributed by atoms with Crippen LogP contribution in [0.4, 0.5) is 0 Å². The molecule has 0 aliphatic carbocycles. The minimum Gasteiger partial charge on any atom is -0.507 e. The summed E-state index contributed by atoms with van der Waals surface area (Å²) in [5, 5.41) is 13.9. The van der Waals surface area contributed by atoms with Crippen LogP contribution in [0, 0.1) is 0 Å². The molecule has 15 heavy (non-hydrogen) atoms. The van der Waals surface area contributed by atoms with Crippen molar-refractivity contribution in [2.75, 3.05) is 0 Å². The summed E-state index contributed by atoms with van der Waals surface area (Å²) < 4.78 is 1.88. The first-order chi connectivity index (χ1) is 7.18. The van der Waals surface area contributed by atoms with Crippen LogP contribution in [0.3, 0.4) is 0 Å². The third-order valence-electron chi connectivity index (χ3n) is 2.35. The number of aromatic nitrogens is 2. The third kappa shape index (κ3) is 1.86. The van der Waals surface area contributed by atoms with E-state index in [1.165, 1.54) is 0 Å². The molecule has 0 aliphatic rings. The Hall–Kier alpha value is -1.77. The number of hydrogen-bond acceptors (Lipinski definition) is 2. The van der Waals surface area contributed by atoms with E-state index in [0.717, 1.165) is 11.1 Å². The molecule has 1 aromatic carbocycles. The number of hydrogen-bond donors (Lipinski definition) is 1. The SMILES string of the molecule is CC(C)n1cc(-c2ccccc2O)cn1. The summed E-state index contributed by atoms with van der Waals surface area (Å²) >= 11 is 0. The molecule has 2 aromatic rings. The zero-order chi connectivity index (χ0) is 10.8. The van der Waals surface area contributed by atoms with Crippen LogP contribution in [-0.2, 0) is 0 Å². The number of para-hydroxylation sites is 1. The molecular weight excluding hydrogens is 188 g/mol. The van der Waals surface area contributed by atoms with Gasteiger partial charge >= 0.3 is 0 Å². The van der Waals surface area contributed by atoms with Crippen LogP contribution in [0.25, 0.3) is 11.1 Å². The third-order valence-corrected chi connectivity index (χ3v) is 2.35. The molecule has 0 aliphatic heterocycles. The second-order valence-corrected chi connectivity index (χ2v) is 3.82. The van der Waals surface area contributed by atoms with Crippen molar-refractivity contribution in [2.24, 2.45) is 0 Å². The van der Waals surface area contributed by atoms with Crippen molar-refractivity contribution in [3.05, 3.63) is 36.7 Å². The number of phenolic OH excluding ortho intramolecular Hbond substituents is 1. The molecule has 1 N–H and O–H groups in total. The first-order valence-corrected chi connectivity index (χ1v) is 5.01. The van der Waals surface area contributed by atoms with Crippen LogP contribution in [0.2, 0.25) is 0 Å². The monoisotopic (exact) mass is 202 g/mol. The highest BCUT2D eigenvalue weighted by Crippen LogP contribution is 2.28. The van der Waals surface area contributed by atoms with Crippen LogP contribution in [0.1, 0.15) is 19.9 Å². The number of benzene rings is 1. The summed E-state index contributed by atoms with van der Waals surface area (Å²) in [6.07, 6.45) is 3.72. The van der Waals surface area contributed by atoms with Gasteiger partial charge in [0.15, 0.2) is 0 Å². The minimum absolute atomic E-state index is 0.292. The van der Waals surface area contributed by atoms with Crippen LogP contribution >= 0.6 is 0 Å². The van der Waals surface area contributed by atoms with Crippen LogP contribution in [-0.4, -0.2) is 14.9 Å². The lowest BCUT2D eigenvalue weighted by Crippen LogP contribution is -1.99. The van der Waals surface area contributed by atoms with Gasteiger partial charge in [-0.2, -0.15) is 5.10 Å². The molecular formula is C12H14N2O. The summed E-state index contributed by atoms with van der Waals surface area (Å²) in [6.45, 7) is 4.14. The molecule has 0 bridgehead atoms. The average Bonchev–Trinajstić information content (AvgIpc) is 2.67. The second kappa shape index (κ2) is 3.77. The smallest absolute Gasteiger partial charge is 0.123 e. The van der Waals surface area contributed by atoms with Gasteiger partial charge in [0.2, 0.25) is 0 Å². The summed E-state index contributed by atoms with van der Waals surface area (Å²) in [5.41, 5.74) is 1.77. The largest absolute Gasteiger partial charge is 0.507 e. The van der Waals surface area contributed by atoms with E-state index in [-0.39, 0.29) is 0 Å². The summed E-state index contributed by atoms with van der Waals surface area (Å²) in [4.78, 5) is 0. The van der Waals surface area contributed by atoms with Crippen LogP contribution < -0.4 is 0 Å². The Morgan fingerprint density at radius 1 is 1.27 bits per heavy atom. The van der Waals surface area contributed by atoms with Gasteiger partial charge in [0, 0.05) is 23.4 Å². The highest BCUT2D eigenvalue weighted by Gasteiger charge is 2.06. The van der Waals surface area contributed by atoms with Gasteiger partial charge in [-0.25, -0.2) is 0 Å². The Morgan fingerprint density at radius 2 is 2.00 bits per heavy atom. The van der Waals surface area contributed by atoms with Gasteiger partial charge in [-0.3, -0.25) is 4.68 Å². The zero-order valence-corrected chi connectivity index (χ0v) is 8.88. The topological polar surface area (TPSA) is 38.0 Å². The first-order valence-electron chi connectivity index (χ1n) is 5.01. The highest BCUT2D eigenvalue weighted by molar-refractivity contribution is 5.68. The van der Waals surface area contributed by atoms with Crippen LogP contribution in [0.15, 0.2) is 36.7 Å². The van der Waals surface area contributed by atoms with Gasteiger partial charge in [-0.1, -0.05) is 18.2 Å². The molecule has 0 spiro atoms. The van der Waals surface area contributed by atoms with Gasteiger partial charge in [0.05, 0.1) is 6.20 Å². The molecule has 0 fully saturated rings. The predicted octanol–water partition coefficient (Wildman–Crippen LogP) is 2.84. The van der Waals surface area contributed by atoms with Crippen molar-refractivity contribution >= 4 is 0 Å². The van der Waals surface area contributed by atoms with Gasteiger partial charge in [-0.05, 0) is 19.9 Å². The fraction of sp³-hybridized carbons (Fsp3) is 0.250. The van der Waals surface area contributed by atoms with E-state index in [9.17, 15) is 5.11 Å². The first kappa shape index (κ1) is 9.77. The standard InChI is InChI=1S/C12H14N2O/c1-9(2)14-8-10(7-13-14)11-5-3-4-6-12(11)15/h3-9,15H,1-2H3. The summed E-state index contributed by atoms with van der Waals surface area (Å²) in [5.74, 6) is 0.292. The predicted molar refractivity (Wildman–Crippen MR) is 59.7 cm³/mol. The van der Waals surface area contributed by atoms with Gasteiger partial charge in [-0.15, -0.1) is 0 Å². The maximum absolute atomic E-state index is 9.67. The van der Waals surface area contributed by atoms with Crippen molar-refractivity contribution in [1.82, 2.24) is 9.78 Å². The maximum atomic E-state index is 9.67. The van der Waals surface area contributed by atoms with E-state index in [1.54, 1.807) is 12.3 Å². The molecule has 0 unspecified atom stereocenters. The fourth-order valence-electron chi connectivity index (χ4n) is 1.48. The number of phenols is 1. The summed E-state index contributed by atoms with van der Waals surface area (Å²) in [6, 6.07) is 7.62. The summed E-state index contributed by atoms with van der Waals surface area (Å²) in [7, 11) is 0. The Labute approximate surface area is 89.0 Å². The normalized spacial score (nSPS) is 10.9. The molecule has 0 amide bonds. The number of rotatable bonds is 2. The van der Waals surface area contributed by atoms with Gasteiger partial charge in [0.1, 0.15) is 5.75 Å². The molecule has 0 atom stereocenters. The van der Waals surface area contributed by atoms with E-state index < -0.39 is 0 Å². The molecule has 0 radical (unpaired) electrons. The lowest BCUT2D eigenvalue weighted by molar-refractivity contribution is 0.477. The highest BCUT2D eigenvalue weighted by atomic mass is 16.3. The molecule has 1 heterocycles. The van der Waals surface area contributed by atoms with E-state index in [4.69, 9.17) is 0 Å². The molecule has 0 saturated carbocycles. The van der Waals surface area contributed by atoms with E-state index >= 15 is 0 Å². The molecule has 78 valence electrons. The molecule has 3 heteroatoms. The lowest BCUT2D eigenvalue weighted by atomic mass is 10.1. The minimum atomic E-state index is 0.292. The molecule has 3 nitrogen and oxygen atoms in total.